The predicted octanol–water partition coefficient (Wildman–Crippen LogP) is 4.21. The summed E-state index contributed by atoms with van der Waals surface area (Å²) in [6.45, 7) is 3.44. The molecule has 0 saturated carbocycles. The molecule has 1 aliphatic heterocycles. The van der Waals surface area contributed by atoms with Crippen LogP contribution in [0.3, 0.4) is 0 Å². The van der Waals surface area contributed by atoms with Crippen LogP contribution in [0.1, 0.15) is 35.1 Å². The number of fused-ring (bicyclic) bond motifs is 1. The third-order valence-corrected chi connectivity index (χ3v) is 8.15. The highest BCUT2D eigenvalue weighted by Gasteiger charge is 2.30. The molecule has 4 aromatic rings. The van der Waals surface area contributed by atoms with Gasteiger partial charge in [0.25, 0.3) is 0 Å². The van der Waals surface area contributed by atoms with Gasteiger partial charge in [0, 0.05) is 63.6 Å². The topological polar surface area (TPSA) is 88.4 Å². The molecule has 6 rings (SSSR count). The molecule has 212 valence electrons. The first-order chi connectivity index (χ1) is 20.0. The number of benzene rings is 2. The van der Waals surface area contributed by atoms with Gasteiger partial charge in [-0.1, -0.05) is 41.9 Å². The highest BCUT2D eigenvalue weighted by atomic mass is 35.5. The second-order valence-electron chi connectivity index (χ2n) is 10.7. The molecule has 2 aliphatic rings. The Bertz CT molecular complexity index is 1490. The number of piperazine rings is 1. The van der Waals surface area contributed by atoms with Crippen LogP contribution in [-0.4, -0.2) is 63.1 Å². The summed E-state index contributed by atoms with van der Waals surface area (Å²) in [5.41, 5.74) is 5.19. The van der Waals surface area contributed by atoms with Crippen molar-refractivity contribution in [2.24, 2.45) is 0 Å². The van der Waals surface area contributed by atoms with E-state index in [-0.39, 0.29) is 11.9 Å². The molecule has 1 fully saturated rings. The molecule has 1 aliphatic carbocycles. The van der Waals surface area contributed by atoms with E-state index >= 15 is 0 Å². The Kier molecular flexibility index (Phi) is 8.16. The van der Waals surface area contributed by atoms with Crippen molar-refractivity contribution in [1.29, 1.82) is 0 Å². The summed E-state index contributed by atoms with van der Waals surface area (Å²) < 4.78 is 7.06. The molecule has 3 heterocycles. The minimum Gasteiger partial charge on any atom is -0.497 e. The van der Waals surface area contributed by atoms with E-state index in [4.69, 9.17) is 21.3 Å². The van der Waals surface area contributed by atoms with Crippen molar-refractivity contribution in [3.05, 3.63) is 94.7 Å². The number of rotatable bonds is 9. The van der Waals surface area contributed by atoms with Gasteiger partial charge >= 0.3 is 0 Å². The van der Waals surface area contributed by atoms with Crippen molar-refractivity contribution in [3.8, 4) is 11.7 Å². The first-order valence-electron chi connectivity index (χ1n) is 14.1. The first kappa shape index (κ1) is 27.2. The van der Waals surface area contributed by atoms with Crippen LogP contribution in [-0.2, 0) is 30.7 Å². The van der Waals surface area contributed by atoms with Crippen molar-refractivity contribution >= 4 is 23.3 Å². The summed E-state index contributed by atoms with van der Waals surface area (Å²) >= 11 is 6.41. The van der Waals surface area contributed by atoms with Gasteiger partial charge < -0.3 is 15.0 Å². The number of nitrogens with zero attached hydrogens (tertiary/aromatic N) is 6. The van der Waals surface area contributed by atoms with E-state index in [1.54, 1.807) is 36.5 Å². The summed E-state index contributed by atoms with van der Waals surface area (Å²) in [6.07, 6.45) is 9.00. The molecule has 41 heavy (non-hydrogen) atoms. The third kappa shape index (κ3) is 6.52. The molecule has 2 aromatic heterocycles. The van der Waals surface area contributed by atoms with E-state index < -0.39 is 0 Å². The lowest BCUT2D eigenvalue weighted by Gasteiger charge is -2.42. The normalized spacial score (nSPS) is 16.9. The minimum absolute atomic E-state index is 0.0173. The fourth-order valence-corrected chi connectivity index (χ4v) is 5.91. The second kappa shape index (κ2) is 12.3. The van der Waals surface area contributed by atoms with Crippen LogP contribution < -0.4 is 15.0 Å². The Morgan fingerprint density at radius 2 is 1.88 bits per heavy atom. The number of halogens is 1. The maximum absolute atomic E-state index is 13.3. The van der Waals surface area contributed by atoms with Gasteiger partial charge in [-0.15, -0.1) is 0 Å². The Morgan fingerprint density at radius 1 is 1.05 bits per heavy atom. The lowest BCUT2D eigenvalue weighted by Crippen LogP contribution is -2.54. The molecule has 0 spiro atoms. The quantitative estimate of drug-likeness (QED) is 0.301. The number of nitrogens with one attached hydrogen (secondary N) is 1. The SMILES string of the molecule is COc1ccc(CN2CCN(c3cc(Cl)nc(-n4ccnc4)n3)CC2CC(=O)NCc2ccc3c(c2)CCC3)cc1. The molecule has 1 atom stereocenters. The summed E-state index contributed by atoms with van der Waals surface area (Å²) in [5, 5.41) is 3.53. The zero-order valence-electron chi connectivity index (χ0n) is 23.2. The molecule has 1 amide bonds. The van der Waals surface area contributed by atoms with Crippen molar-refractivity contribution in [2.45, 2.75) is 44.8 Å². The molecular weight excluding hydrogens is 538 g/mol. The molecule has 1 unspecified atom stereocenters. The lowest BCUT2D eigenvalue weighted by molar-refractivity contribution is -0.122. The second-order valence-corrected chi connectivity index (χ2v) is 11.1. The molecule has 1 saturated heterocycles. The van der Waals surface area contributed by atoms with Crippen LogP contribution >= 0.6 is 11.6 Å². The number of hydrogen-bond donors (Lipinski definition) is 1. The van der Waals surface area contributed by atoms with Gasteiger partial charge in [0.1, 0.15) is 23.0 Å². The Balaban J connectivity index is 1.17. The molecular formula is C31H34ClN7O2. The fourth-order valence-electron chi connectivity index (χ4n) is 5.74. The predicted molar refractivity (Wildman–Crippen MR) is 158 cm³/mol. The van der Waals surface area contributed by atoms with Gasteiger partial charge in [-0.05, 0) is 53.6 Å². The molecule has 0 bridgehead atoms. The first-order valence-corrected chi connectivity index (χ1v) is 14.4. The van der Waals surface area contributed by atoms with E-state index in [1.165, 1.54) is 23.1 Å². The summed E-state index contributed by atoms with van der Waals surface area (Å²) in [4.78, 5) is 31.1. The zero-order valence-corrected chi connectivity index (χ0v) is 23.9. The van der Waals surface area contributed by atoms with E-state index in [1.807, 2.05) is 12.1 Å². The molecule has 9 nitrogen and oxygen atoms in total. The number of methoxy groups -OCH3 is 1. The van der Waals surface area contributed by atoms with Gasteiger partial charge in [0.05, 0.1) is 7.11 Å². The maximum atomic E-state index is 13.3. The lowest BCUT2D eigenvalue weighted by atomic mass is 10.0. The largest absolute Gasteiger partial charge is 0.497 e. The van der Waals surface area contributed by atoms with E-state index in [0.717, 1.165) is 49.6 Å². The van der Waals surface area contributed by atoms with Gasteiger partial charge in [-0.3, -0.25) is 14.3 Å². The summed E-state index contributed by atoms with van der Waals surface area (Å²) in [7, 11) is 1.67. The standard InChI is InChI=1S/C31H34ClN7O2/c1-41-27-9-6-22(7-10-27)19-37-13-14-38(29-17-28(32)35-31(36-29)39-12-11-33-21-39)20-26(37)16-30(40)34-18-23-5-8-24-3-2-4-25(24)15-23/h5-12,15,17,21,26H,2-4,13-14,16,18-20H2,1H3,(H,34,40). The van der Waals surface area contributed by atoms with Gasteiger partial charge in [0.15, 0.2) is 0 Å². The maximum Gasteiger partial charge on any atom is 0.238 e. The number of hydrogen-bond acceptors (Lipinski definition) is 7. The van der Waals surface area contributed by atoms with Crippen molar-refractivity contribution < 1.29 is 9.53 Å². The van der Waals surface area contributed by atoms with Crippen LogP contribution in [0.2, 0.25) is 5.15 Å². The van der Waals surface area contributed by atoms with E-state index in [2.05, 4.69) is 55.4 Å². The Hall–Kier alpha value is -3.95. The van der Waals surface area contributed by atoms with Gasteiger partial charge in [-0.2, -0.15) is 4.98 Å². The number of imidazole rings is 1. The Morgan fingerprint density at radius 3 is 2.68 bits per heavy atom. The van der Waals surface area contributed by atoms with Crippen LogP contribution in [0.4, 0.5) is 5.82 Å². The molecule has 0 radical (unpaired) electrons. The summed E-state index contributed by atoms with van der Waals surface area (Å²) in [5.74, 6) is 2.07. The van der Waals surface area contributed by atoms with E-state index in [9.17, 15) is 4.79 Å². The summed E-state index contributed by atoms with van der Waals surface area (Å²) in [6, 6.07) is 16.5. The average molecular weight is 572 g/mol. The molecule has 1 N–H and O–H groups in total. The highest BCUT2D eigenvalue weighted by Crippen LogP contribution is 2.25. The number of ether oxygens (including phenoxy) is 1. The smallest absolute Gasteiger partial charge is 0.238 e. The number of carbonyl (C=O) groups is 1. The van der Waals surface area contributed by atoms with Crippen LogP contribution in [0.15, 0.2) is 67.3 Å². The van der Waals surface area contributed by atoms with Crippen molar-refractivity contribution in [2.75, 3.05) is 31.6 Å². The average Bonchev–Trinajstić information content (AvgIpc) is 3.70. The minimum atomic E-state index is -0.0173. The third-order valence-electron chi connectivity index (χ3n) is 7.95. The highest BCUT2D eigenvalue weighted by molar-refractivity contribution is 6.29. The fraction of sp³-hybridized carbons (Fsp3) is 0.355. The number of aromatic nitrogens is 4. The van der Waals surface area contributed by atoms with Gasteiger partial charge in [0.2, 0.25) is 11.9 Å². The molecule has 2 aromatic carbocycles. The van der Waals surface area contributed by atoms with E-state index in [0.29, 0.717) is 30.6 Å². The van der Waals surface area contributed by atoms with Crippen LogP contribution in [0.25, 0.3) is 5.95 Å². The van der Waals surface area contributed by atoms with Crippen LogP contribution in [0.5, 0.6) is 5.75 Å². The number of aryl methyl sites for hydroxylation is 2. The number of amides is 1. The molecule has 10 heteroatoms. The number of anilines is 1. The monoisotopic (exact) mass is 571 g/mol. The zero-order chi connectivity index (χ0) is 28.2. The van der Waals surface area contributed by atoms with Crippen molar-refractivity contribution in [1.82, 2.24) is 29.7 Å². The van der Waals surface area contributed by atoms with Crippen molar-refractivity contribution in [3.63, 3.8) is 0 Å². The Labute approximate surface area is 245 Å². The number of carbonyl (C=O) groups excluding carboxylic acids is 1. The van der Waals surface area contributed by atoms with Crippen LogP contribution in [0, 0.1) is 0 Å². The van der Waals surface area contributed by atoms with Gasteiger partial charge in [-0.25, -0.2) is 9.97 Å².